The largest absolute Gasteiger partial charge is 0.394 e. The molecule has 8 heteroatoms. The van der Waals surface area contributed by atoms with Crippen LogP contribution in [0.2, 0.25) is 0 Å². The van der Waals surface area contributed by atoms with Crippen LogP contribution < -0.4 is 15.5 Å². The summed E-state index contributed by atoms with van der Waals surface area (Å²) >= 11 is 0. The molecule has 1 aliphatic heterocycles. The number of morpholine rings is 1. The van der Waals surface area contributed by atoms with Gasteiger partial charge in [-0.25, -0.2) is 4.98 Å². The lowest BCUT2D eigenvalue weighted by Crippen LogP contribution is -2.37. The summed E-state index contributed by atoms with van der Waals surface area (Å²) in [5.41, 5.74) is 5.41. The van der Waals surface area contributed by atoms with Gasteiger partial charge in [0.15, 0.2) is 5.82 Å². The Kier molecular flexibility index (Phi) is 7.59. The molecule has 8 nitrogen and oxygen atoms in total. The van der Waals surface area contributed by atoms with Crippen LogP contribution in [0.25, 0.3) is 11.1 Å². The number of nitrogens with zero attached hydrogens (tertiary/aromatic N) is 4. The Morgan fingerprint density at radius 1 is 1.06 bits per heavy atom. The SMILES string of the molecule is Cc1ccc(Nc2cc(C(C)C)cnn2)cc1-c1cc(NC(C)CO)nc(N2CCOCC2)c1. The molecule has 1 fully saturated rings. The second kappa shape index (κ2) is 10.8. The third-order valence-corrected chi connectivity index (χ3v) is 5.98. The van der Waals surface area contributed by atoms with Gasteiger partial charge in [-0.05, 0) is 72.4 Å². The Bertz CT molecular complexity index is 1110. The standard InChI is InChI=1S/C26H34N6O2/c1-17(2)21-12-25(31-27-15-21)29-22-6-5-18(3)23(14-22)20-11-24(28-19(4)16-33)30-26(13-20)32-7-9-34-10-8-32/h5-6,11-15,17,19,33H,7-10,16H2,1-4H3,(H,28,30)(H,29,31). The molecular formula is C26H34N6O2. The van der Waals surface area contributed by atoms with Gasteiger partial charge in [0, 0.05) is 24.8 Å². The first-order chi connectivity index (χ1) is 16.4. The van der Waals surface area contributed by atoms with E-state index in [0.717, 1.165) is 58.5 Å². The Balaban J connectivity index is 1.69. The van der Waals surface area contributed by atoms with Gasteiger partial charge < -0.3 is 25.4 Å². The van der Waals surface area contributed by atoms with Crippen LogP contribution in [0.4, 0.5) is 23.1 Å². The fraction of sp³-hybridized carbons (Fsp3) is 0.423. The lowest BCUT2D eigenvalue weighted by Gasteiger charge is -2.29. The van der Waals surface area contributed by atoms with Gasteiger partial charge in [0.05, 0.1) is 26.0 Å². The van der Waals surface area contributed by atoms with Crippen LogP contribution in [0.3, 0.4) is 0 Å². The van der Waals surface area contributed by atoms with Gasteiger partial charge in [0.25, 0.3) is 0 Å². The molecule has 0 radical (unpaired) electrons. The van der Waals surface area contributed by atoms with Crippen LogP contribution in [-0.4, -0.2) is 59.2 Å². The molecule has 1 saturated heterocycles. The maximum atomic E-state index is 9.54. The van der Waals surface area contributed by atoms with Crippen molar-refractivity contribution in [3.8, 4) is 11.1 Å². The van der Waals surface area contributed by atoms with Crippen molar-refractivity contribution in [1.82, 2.24) is 15.2 Å². The summed E-state index contributed by atoms with van der Waals surface area (Å²) in [6.45, 7) is 11.4. The molecule has 1 unspecified atom stereocenters. The highest BCUT2D eigenvalue weighted by atomic mass is 16.5. The zero-order chi connectivity index (χ0) is 24.1. The van der Waals surface area contributed by atoms with Gasteiger partial charge in [0.2, 0.25) is 0 Å². The van der Waals surface area contributed by atoms with Gasteiger partial charge in [0.1, 0.15) is 11.6 Å². The minimum atomic E-state index is -0.0961. The van der Waals surface area contributed by atoms with E-state index in [9.17, 15) is 5.11 Å². The van der Waals surface area contributed by atoms with E-state index in [1.54, 1.807) is 0 Å². The molecule has 1 aromatic carbocycles. The fourth-order valence-electron chi connectivity index (χ4n) is 3.92. The molecule has 3 heterocycles. The highest BCUT2D eigenvalue weighted by Crippen LogP contribution is 2.32. The first-order valence-corrected chi connectivity index (χ1v) is 11.9. The summed E-state index contributed by atoms with van der Waals surface area (Å²) in [7, 11) is 0. The van der Waals surface area contributed by atoms with E-state index in [-0.39, 0.29) is 12.6 Å². The number of aliphatic hydroxyl groups excluding tert-OH is 1. The Labute approximate surface area is 201 Å². The monoisotopic (exact) mass is 462 g/mol. The molecule has 2 aromatic heterocycles. The first kappa shape index (κ1) is 23.9. The van der Waals surface area contributed by atoms with Crippen molar-refractivity contribution in [2.45, 2.75) is 39.7 Å². The Hall–Kier alpha value is -3.23. The van der Waals surface area contributed by atoms with Gasteiger partial charge in [-0.1, -0.05) is 19.9 Å². The van der Waals surface area contributed by atoms with E-state index in [0.29, 0.717) is 19.1 Å². The molecule has 34 heavy (non-hydrogen) atoms. The van der Waals surface area contributed by atoms with Gasteiger partial charge in [-0.15, -0.1) is 5.10 Å². The van der Waals surface area contributed by atoms with E-state index in [2.05, 4.69) is 70.8 Å². The number of aryl methyl sites for hydroxylation is 1. The number of anilines is 4. The number of nitrogens with one attached hydrogen (secondary N) is 2. The number of aliphatic hydroxyl groups is 1. The van der Waals surface area contributed by atoms with Crippen molar-refractivity contribution in [3.63, 3.8) is 0 Å². The fourth-order valence-corrected chi connectivity index (χ4v) is 3.92. The van der Waals surface area contributed by atoms with Crippen molar-refractivity contribution in [3.05, 3.63) is 53.7 Å². The van der Waals surface area contributed by atoms with Gasteiger partial charge in [-0.2, -0.15) is 5.10 Å². The average molecular weight is 463 g/mol. The van der Waals surface area contributed by atoms with Crippen molar-refractivity contribution < 1.29 is 9.84 Å². The predicted molar refractivity (Wildman–Crippen MR) is 137 cm³/mol. The molecule has 180 valence electrons. The number of rotatable bonds is 8. The van der Waals surface area contributed by atoms with E-state index >= 15 is 0 Å². The number of benzene rings is 1. The minimum Gasteiger partial charge on any atom is -0.394 e. The normalized spacial score (nSPS) is 14.8. The second-order valence-electron chi connectivity index (χ2n) is 9.11. The molecule has 0 spiro atoms. The third-order valence-electron chi connectivity index (χ3n) is 5.98. The van der Waals surface area contributed by atoms with E-state index < -0.39 is 0 Å². The summed E-state index contributed by atoms with van der Waals surface area (Å²) in [5.74, 6) is 2.76. The molecule has 1 atom stereocenters. The topological polar surface area (TPSA) is 95.4 Å². The van der Waals surface area contributed by atoms with Crippen LogP contribution in [0.1, 0.15) is 37.8 Å². The van der Waals surface area contributed by atoms with Crippen LogP contribution in [0, 0.1) is 6.92 Å². The smallest absolute Gasteiger partial charge is 0.153 e. The number of hydrogen-bond acceptors (Lipinski definition) is 8. The first-order valence-electron chi connectivity index (χ1n) is 11.9. The van der Waals surface area contributed by atoms with Gasteiger partial charge in [-0.3, -0.25) is 0 Å². The van der Waals surface area contributed by atoms with Gasteiger partial charge >= 0.3 is 0 Å². The summed E-state index contributed by atoms with van der Waals surface area (Å²) in [6, 6.07) is 12.4. The highest BCUT2D eigenvalue weighted by Gasteiger charge is 2.16. The van der Waals surface area contributed by atoms with E-state index in [1.807, 2.05) is 25.3 Å². The molecule has 0 amide bonds. The van der Waals surface area contributed by atoms with Crippen molar-refractivity contribution >= 4 is 23.1 Å². The summed E-state index contributed by atoms with van der Waals surface area (Å²) < 4.78 is 5.53. The molecule has 4 rings (SSSR count). The van der Waals surface area contributed by atoms with Crippen LogP contribution in [-0.2, 0) is 4.74 Å². The van der Waals surface area contributed by atoms with Crippen LogP contribution in [0.5, 0.6) is 0 Å². The summed E-state index contributed by atoms with van der Waals surface area (Å²) in [5, 5.41) is 24.7. The Morgan fingerprint density at radius 3 is 2.59 bits per heavy atom. The van der Waals surface area contributed by atoms with E-state index in [1.165, 1.54) is 0 Å². The summed E-state index contributed by atoms with van der Waals surface area (Å²) in [6.07, 6.45) is 1.81. The maximum Gasteiger partial charge on any atom is 0.153 e. The van der Waals surface area contributed by atoms with Crippen molar-refractivity contribution in [2.24, 2.45) is 0 Å². The lowest BCUT2D eigenvalue weighted by molar-refractivity contribution is 0.122. The Morgan fingerprint density at radius 2 is 1.85 bits per heavy atom. The zero-order valence-electron chi connectivity index (χ0n) is 20.4. The average Bonchev–Trinajstić information content (AvgIpc) is 2.85. The maximum absolute atomic E-state index is 9.54. The van der Waals surface area contributed by atoms with Crippen LogP contribution in [0.15, 0.2) is 42.6 Å². The number of aromatic nitrogens is 3. The molecule has 3 N–H and O–H groups in total. The highest BCUT2D eigenvalue weighted by molar-refractivity contribution is 5.77. The third kappa shape index (κ3) is 5.81. The lowest BCUT2D eigenvalue weighted by atomic mass is 10.00. The van der Waals surface area contributed by atoms with Crippen molar-refractivity contribution in [1.29, 1.82) is 0 Å². The van der Waals surface area contributed by atoms with Crippen molar-refractivity contribution in [2.75, 3.05) is 48.4 Å². The molecule has 0 aliphatic carbocycles. The molecular weight excluding hydrogens is 428 g/mol. The molecule has 0 bridgehead atoms. The predicted octanol–water partition coefficient (Wildman–Crippen LogP) is 4.34. The summed E-state index contributed by atoms with van der Waals surface area (Å²) in [4.78, 5) is 7.07. The molecule has 1 aliphatic rings. The number of pyridine rings is 1. The molecule has 0 saturated carbocycles. The second-order valence-corrected chi connectivity index (χ2v) is 9.11. The van der Waals surface area contributed by atoms with E-state index in [4.69, 9.17) is 9.72 Å². The zero-order valence-corrected chi connectivity index (χ0v) is 20.4. The quantitative estimate of drug-likeness (QED) is 0.455. The number of hydrogen-bond donors (Lipinski definition) is 3. The number of ether oxygens (including phenoxy) is 1. The molecule has 3 aromatic rings. The minimum absolute atomic E-state index is 0.0354. The van der Waals surface area contributed by atoms with Crippen LogP contribution >= 0.6 is 0 Å².